The lowest BCUT2D eigenvalue weighted by Gasteiger charge is -2.03. The van der Waals surface area contributed by atoms with Gasteiger partial charge in [-0.05, 0) is 0 Å². The van der Waals surface area contributed by atoms with Crippen LogP contribution in [0.15, 0.2) is 0 Å². The average Bonchev–Trinajstić information content (AvgIpc) is 2.64. The normalized spacial score (nSPS) is 10.9. The van der Waals surface area contributed by atoms with Crippen molar-refractivity contribution in [2.45, 2.75) is 0 Å². The number of halogens is 3. The lowest BCUT2D eigenvalue weighted by molar-refractivity contribution is 0.350. The molecule has 0 aliphatic rings. The summed E-state index contributed by atoms with van der Waals surface area (Å²) in [5.41, 5.74) is -0.725. The first-order chi connectivity index (χ1) is 6.66. The Balaban J connectivity index is 2.94. The number of ether oxygens (including phenoxy) is 1. The van der Waals surface area contributed by atoms with Gasteiger partial charge in [-0.3, -0.25) is 0 Å². The predicted molar refractivity (Wildman–Crippen MR) is 43.8 cm³/mol. The van der Waals surface area contributed by atoms with E-state index in [0.717, 1.165) is 7.11 Å². The largest absolute Gasteiger partial charge is 0.491 e. The molecule has 0 spiro atoms. The molecule has 0 atom stereocenters. The van der Waals surface area contributed by atoms with E-state index in [9.17, 15) is 13.2 Å². The summed E-state index contributed by atoms with van der Waals surface area (Å²) in [6.45, 7) is 0. The van der Waals surface area contributed by atoms with E-state index in [-0.39, 0.29) is 5.52 Å². The molecule has 0 unspecified atom stereocenters. The maximum atomic E-state index is 13.3. The minimum Gasteiger partial charge on any atom is -0.491 e. The Labute approximate surface area is 80.5 Å². The highest BCUT2D eigenvalue weighted by molar-refractivity contribution is 7.00. The third-order valence-corrected chi connectivity index (χ3v) is 2.23. The molecule has 0 aliphatic heterocycles. The van der Waals surface area contributed by atoms with E-state index in [1.165, 1.54) is 0 Å². The Kier molecular flexibility index (Phi) is 2.03. The number of hydrogen-bond donors (Lipinski definition) is 0. The monoisotopic (exact) mass is 220 g/mol. The lowest BCUT2D eigenvalue weighted by atomic mass is 10.2. The first-order valence-corrected chi connectivity index (χ1v) is 4.22. The molecular formula is C7H3F3N2OS. The molecule has 0 fully saturated rings. The highest BCUT2D eigenvalue weighted by atomic mass is 32.1. The fraction of sp³-hybridized carbons (Fsp3) is 0.143. The molecule has 0 amide bonds. The van der Waals surface area contributed by atoms with Gasteiger partial charge in [0.15, 0.2) is 17.4 Å². The van der Waals surface area contributed by atoms with Crippen molar-refractivity contribution >= 4 is 22.8 Å². The van der Waals surface area contributed by atoms with Crippen molar-refractivity contribution in [1.29, 1.82) is 0 Å². The topological polar surface area (TPSA) is 35.0 Å². The average molecular weight is 220 g/mol. The molecule has 0 saturated heterocycles. The van der Waals surface area contributed by atoms with Gasteiger partial charge in [-0.15, -0.1) is 0 Å². The molecule has 0 aliphatic carbocycles. The van der Waals surface area contributed by atoms with Crippen LogP contribution >= 0.6 is 11.7 Å². The third-order valence-electron chi connectivity index (χ3n) is 1.70. The van der Waals surface area contributed by atoms with Crippen molar-refractivity contribution in [2.24, 2.45) is 0 Å². The van der Waals surface area contributed by atoms with E-state index < -0.39 is 28.7 Å². The second-order valence-electron chi connectivity index (χ2n) is 2.44. The molecular weight excluding hydrogens is 217 g/mol. The van der Waals surface area contributed by atoms with Gasteiger partial charge in [-0.25, -0.2) is 8.78 Å². The Morgan fingerprint density at radius 1 is 1.00 bits per heavy atom. The Morgan fingerprint density at radius 3 is 2.14 bits per heavy atom. The summed E-state index contributed by atoms with van der Waals surface area (Å²) >= 11 is 0.607. The number of methoxy groups -OCH3 is 1. The summed E-state index contributed by atoms with van der Waals surface area (Å²) in [7, 11) is 1.05. The smallest absolute Gasteiger partial charge is 0.206 e. The second-order valence-corrected chi connectivity index (χ2v) is 2.97. The molecule has 2 aromatic rings. The van der Waals surface area contributed by atoms with Crippen LogP contribution in [0.2, 0.25) is 0 Å². The van der Waals surface area contributed by atoms with Gasteiger partial charge in [-0.2, -0.15) is 13.1 Å². The summed E-state index contributed by atoms with van der Waals surface area (Å²) in [6, 6.07) is 0. The number of fused-ring (bicyclic) bond motifs is 1. The molecule has 7 heteroatoms. The highest BCUT2D eigenvalue weighted by Crippen LogP contribution is 2.31. The van der Waals surface area contributed by atoms with Crippen molar-refractivity contribution in [3.63, 3.8) is 0 Å². The Hall–Kier alpha value is -1.37. The molecule has 0 saturated carbocycles. The van der Waals surface area contributed by atoms with Crippen LogP contribution in [-0.4, -0.2) is 15.9 Å². The molecule has 3 nitrogen and oxygen atoms in total. The summed E-state index contributed by atoms with van der Waals surface area (Å²) in [5.74, 6) is -4.44. The van der Waals surface area contributed by atoms with Gasteiger partial charge in [0.25, 0.3) is 0 Å². The highest BCUT2D eigenvalue weighted by Gasteiger charge is 2.23. The van der Waals surface area contributed by atoms with Gasteiger partial charge in [-0.1, -0.05) is 0 Å². The minimum atomic E-state index is -1.38. The molecule has 0 radical (unpaired) electrons. The fourth-order valence-electron chi connectivity index (χ4n) is 1.06. The predicted octanol–water partition coefficient (Wildman–Crippen LogP) is 2.12. The molecule has 1 aromatic heterocycles. The van der Waals surface area contributed by atoms with E-state index in [4.69, 9.17) is 0 Å². The van der Waals surface area contributed by atoms with Gasteiger partial charge in [0.1, 0.15) is 11.0 Å². The molecule has 1 heterocycles. The second kappa shape index (κ2) is 3.09. The van der Waals surface area contributed by atoms with Gasteiger partial charge in [0, 0.05) is 0 Å². The van der Waals surface area contributed by atoms with E-state index in [1.54, 1.807) is 0 Å². The number of nitrogens with zero attached hydrogens (tertiary/aromatic N) is 2. The van der Waals surface area contributed by atoms with Gasteiger partial charge < -0.3 is 4.74 Å². The van der Waals surface area contributed by atoms with Crippen molar-refractivity contribution < 1.29 is 17.9 Å². The third kappa shape index (κ3) is 1.05. The standard InChI is InChI=1S/C7H3F3N2OS/c1-13-7-3(9)2(8)5-6(4(7)10)12-14-11-5/h1H3. The number of aromatic nitrogens is 2. The number of benzene rings is 1. The summed E-state index contributed by atoms with van der Waals surface area (Å²) in [6.07, 6.45) is 0. The Morgan fingerprint density at radius 2 is 1.57 bits per heavy atom. The van der Waals surface area contributed by atoms with Crippen molar-refractivity contribution in [3.05, 3.63) is 17.5 Å². The van der Waals surface area contributed by atoms with E-state index in [1.807, 2.05) is 0 Å². The summed E-state index contributed by atoms with van der Waals surface area (Å²) in [4.78, 5) is 0. The lowest BCUT2D eigenvalue weighted by Crippen LogP contribution is -1.98. The molecule has 0 N–H and O–H groups in total. The van der Waals surface area contributed by atoms with Crippen molar-refractivity contribution in [3.8, 4) is 5.75 Å². The van der Waals surface area contributed by atoms with Crippen LogP contribution in [0.25, 0.3) is 11.0 Å². The van der Waals surface area contributed by atoms with Crippen LogP contribution in [0, 0.1) is 17.5 Å². The van der Waals surface area contributed by atoms with E-state index in [0.29, 0.717) is 11.7 Å². The minimum absolute atomic E-state index is 0.314. The van der Waals surface area contributed by atoms with E-state index in [2.05, 4.69) is 13.5 Å². The number of hydrogen-bond acceptors (Lipinski definition) is 4. The summed E-state index contributed by atoms with van der Waals surface area (Å²) in [5, 5.41) is 0. The van der Waals surface area contributed by atoms with Crippen LogP contribution in [0.4, 0.5) is 13.2 Å². The van der Waals surface area contributed by atoms with Gasteiger partial charge in [0.2, 0.25) is 5.82 Å². The first-order valence-electron chi connectivity index (χ1n) is 3.49. The SMILES string of the molecule is COc1c(F)c(F)c2nsnc2c1F. The van der Waals surface area contributed by atoms with Crippen LogP contribution in [0.1, 0.15) is 0 Å². The van der Waals surface area contributed by atoms with Crippen molar-refractivity contribution in [1.82, 2.24) is 8.75 Å². The van der Waals surface area contributed by atoms with Crippen LogP contribution < -0.4 is 4.74 Å². The van der Waals surface area contributed by atoms with E-state index >= 15 is 0 Å². The zero-order valence-corrected chi connectivity index (χ0v) is 7.66. The van der Waals surface area contributed by atoms with Crippen molar-refractivity contribution in [2.75, 3.05) is 7.11 Å². The maximum Gasteiger partial charge on any atom is 0.206 e. The molecule has 14 heavy (non-hydrogen) atoms. The van der Waals surface area contributed by atoms with Crippen LogP contribution in [0.3, 0.4) is 0 Å². The fourth-order valence-corrected chi connectivity index (χ4v) is 1.60. The zero-order valence-electron chi connectivity index (χ0n) is 6.84. The quantitative estimate of drug-likeness (QED) is 0.690. The number of rotatable bonds is 1. The van der Waals surface area contributed by atoms with Gasteiger partial charge >= 0.3 is 0 Å². The van der Waals surface area contributed by atoms with Crippen LogP contribution in [-0.2, 0) is 0 Å². The Bertz CT molecular complexity index is 499. The maximum absolute atomic E-state index is 13.3. The first kappa shape index (κ1) is 9.20. The van der Waals surface area contributed by atoms with Crippen LogP contribution in [0.5, 0.6) is 5.75 Å². The van der Waals surface area contributed by atoms with Gasteiger partial charge in [0.05, 0.1) is 18.8 Å². The molecule has 74 valence electrons. The zero-order chi connectivity index (χ0) is 10.3. The summed E-state index contributed by atoms with van der Waals surface area (Å²) < 4.78 is 50.8. The molecule has 1 aromatic carbocycles. The molecule has 0 bridgehead atoms. The molecule has 2 rings (SSSR count).